The lowest BCUT2D eigenvalue weighted by Gasteiger charge is -2.25. The molecule has 0 radical (unpaired) electrons. The number of nitrogens with zero attached hydrogens (tertiary/aromatic N) is 2. The van der Waals surface area contributed by atoms with Gasteiger partial charge in [0.25, 0.3) is 0 Å². The number of aliphatic imine (C=N–C) groups is 1. The van der Waals surface area contributed by atoms with Crippen LogP contribution in [0.1, 0.15) is 20.3 Å². The minimum atomic E-state index is -0.514. The average Bonchev–Trinajstić information content (AvgIpc) is 2.99. The summed E-state index contributed by atoms with van der Waals surface area (Å²) in [7, 11) is 1.73. The molecule has 1 aliphatic heterocycles. The molecule has 1 aliphatic rings. The van der Waals surface area contributed by atoms with E-state index in [1.54, 1.807) is 23.7 Å². The minimum Gasteiger partial charge on any atom is -0.365 e. The maximum atomic E-state index is 13.9. The molecule has 1 saturated heterocycles. The summed E-state index contributed by atoms with van der Waals surface area (Å²) in [6, 6.07) is 4.08. The van der Waals surface area contributed by atoms with Crippen molar-refractivity contribution >= 4 is 47.4 Å². The lowest BCUT2D eigenvalue weighted by atomic mass is 10.2. The number of guanidine groups is 1. The highest BCUT2D eigenvalue weighted by Crippen LogP contribution is 2.26. The number of rotatable bonds is 5. The van der Waals surface area contributed by atoms with Gasteiger partial charge in [-0.2, -0.15) is 11.8 Å². The van der Waals surface area contributed by atoms with Crippen molar-refractivity contribution < 1.29 is 8.78 Å². The van der Waals surface area contributed by atoms with Gasteiger partial charge in [-0.1, -0.05) is 6.07 Å². The predicted molar refractivity (Wildman–Crippen MR) is 114 cm³/mol. The van der Waals surface area contributed by atoms with Gasteiger partial charge in [-0.15, -0.1) is 24.0 Å². The van der Waals surface area contributed by atoms with Gasteiger partial charge in [-0.25, -0.2) is 8.78 Å². The van der Waals surface area contributed by atoms with Gasteiger partial charge in [0.15, 0.2) is 5.96 Å². The molecule has 4 nitrogen and oxygen atoms in total. The molecule has 2 rings (SSSR count). The normalized spacial score (nSPS) is 18.1. The van der Waals surface area contributed by atoms with E-state index in [1.807, 2.05) is 0 Å². The summed E-state index contributed by atoms with van der Waals surface area (Å²) < 4.78 is 27.9. The molecule has 1 aromatic rings. The smallest absolute Gasteiger partial charge is 0.191 e. The van der Waals surface area contributed by atoms with Crippen molar-refractivity contribution in [3.05, 3.63) is 29.8 Å². The van der Waals surface area contributed by atoms with Crippen LogP contribution in [0.2, 0.25) is 0 Å². The molecule has 8 heteroatoms. The zero-order chi connectivity index (χ0) is 17.7. The van der Waals surface area contributed by atoms with Crippen molar-refractivity contribution in [3.8, 4) is 0 Å². The molecule has 142 valence electrons. The van der Waals surface area contributed by atoms with Gasteiger partial charge < -0.3 is 15.5 Å². The summed E-state index contributed by atoms with van der Waals surface area (Å²) in [6.45, 7) is 6.27. The quantitative estimate of drug-likeness (QED) is 0.382. The standard InChI is InChI=1S/C17H26F2N4S.HI/c1-17(2,24-4)11-21-16(20-3)22-12-8-9-23(10-12)15-13(18)6-5-7-14(15)19;/h5-7,12H,8-11H2,1-4H3,(H2,20,21,22);1H. The SMILES string of the molecule is CN=C(NCC(C)(C)SC)NC1CCN(c2c(F)cccc2F)C1.I. The van der Waals surface area contributed by atoms with Gasteiger partial charge >= 0.3 is 0 Å². The van der Waals surface area contributed by atoms with Crippen molar-refractivity contribution in [1.29, 1.82) is 0 Å². The third kappa shape index (κ3) is 6.16. The lowest BCUT2D eigenvalue weighted by molar-refractivity contribution is 0.575. The summed E-state index contributed by atoms with van der Waals surface area (Å²) in [4.78, 5) is 5.99. The first-order valence-corrected chi connectivity index (χ1v) is 9.30. The molecular formula is C17H27F2IN4S. The number of thioether (sulfide) groups is 1. The molecule has 1 heterocycles. The van der Waals surface area contributed by atoms with Gasteiger partial charge in [0.2, 0.25) is 0 Å². The summed E-state index contributed by atoms with van der Waals surface area (Å²) in [5.74, 6) is -0.308. The van der Waals surface area contributed by atoms with Crippen molar-refractivity contribution in [2.24, 2.45) is 4.99 Å². The fourth-order valence-corrected chi connectivity index (χ4v) is 2.85. The van der Waals surface area contributed by atoms with Crippen molar-refractivity contribution in [2.45, 2.75) is 31.1 Å². The van der Waals surface area contributed by atoms with Crippen LogP contribution in [0.15, 0.2) is 23.2 Å². The van der Waals surface area contributed by atoms with E-state index in [2.05, 4.69) is 35.7 Å². The summed E-state index contributed by atoms with van der Waals surface area (Å²) >= 11 is 1.79. The van der Waals surface area contributed by atoms with Gasteiger partial charge in [0.1, 0.15) is 17.3 Å². The van der Waals surface area contributed by atoms with E-state index in [-0.39, 0.29) is 40.5 Å². The van der Waals surface area contributed by atoms with Crippen LogP contribution in [-0.4, -0.2) is 49.7 Å². The Morgan fingerprint density at radius 1 is 1.36 bits per heavy atom. The van der Waals surface area contributed by atoms with E-state index in [0.29, 0.717) is 13.1 Å². The summed E-state index contributed by atoms with van der Waals surface area (Å²) in [5, 5.41) is 6.66. The number of hydrogen-bond acceptors (Lipinski definition) is 3. The van der Waals surface area contributed by atoms with Gasteiger partial charge in [-0.3, -0.25) is 4.99 Å². The Balaban J connectivity index is 0.00000312. The fourth-order valence-electron chi connectivity index (χ4n) is 2.63. The maximum absolute atomic E-state index is 13.9. The van der Waals surface area contributed by atoms with E-state index >= 15 is 0 Å². The Morgan fingerprint density at radius 3 is 2.56 bits per heavy atom. The molecule has 0 bridgehead atoms. The van der Waals surface area contributed by atoms with Gasteiger partial charge in [0, 0.05) is 37.5 Å². The molecule has 0 aromatic heterocycles. The first-order valence-electron chi connectivity index (χ1n) is 8.07. The first-order chi connectivity index (χ1) is 11.4. The maximum Gasteiger partial charge on any atom is 0.191 e. The third-order valence-electron chi connectivity index (χ3n) is 4.24. The predicted octanol–water partition coefficient (Wildman–Crippen LogP) is 3.47. The van der Waals surface area contributed by atoms with Crippen LogP contribution < -0.4 is 15.5 Å². The molecule has 25 heavy (non-hydrogen) atoms. The van der Waals surface area contributed by atoms with E-state index in [1.165, 1.54) is 18.2 Å². The van der Waals surface area contributed by atoms with Crippen molar-refractivity contribution in [3.63, 3.8) is 0 Å². The molecule has 0 aliphatic carbocycles. The topological polar surface area (TPSA) is 39.7 Å². The molecule has 0 spiro atoms. The summed E-state index contributed by atoms with van der Waals surface area (Å²) in [6.07, 6.45) is 2.88. The largest absolute Gasteiger partial charge is 0.365 e. The van der Waals surface area contributed by atoms with E-state index < -0.39 is 11.6 Å². The Morgan fingerprint density at radius 2 is 2.00 bits per heavy atom. The Kier molecular flexibility index (Phi) is 8.73. The van der Waals surface area contributed by atoms with E-state index in [9.17, 15) is 8.78 Å². The van der Waals surface area contributed by atoms with Crippen LogP contribution in [0.5, 0.6) is 0 Å². The van der Waals surface area contributed by atoms with Crippen LogP contribution in [-0.2, 0) is 0 Å². The van der Waals surface area contributed by atoms with Crippen LogP contribution in [0, 0.1) is 11.6 Å². The van der Waals surface area contributed by atoms with Crippen molar-refractivity contribution in [1.82, 2.24) is 10.6 Å². The highest BCUT2D eigenvalue weighted by Gasteiger charge is 2.27. The van der Waals surface area contributed by atoms with E-state index in [4.69, 9.17) is 0 Å². The second-order valence-electron chi connectivity index (χ2n) is 6.54. The highest BCUT2D eigenvalue weighted by atomic mass is 127. The van der Waals surface area contributed by atoms with Crippen molar-refractivity contribution in [2.75, 3.05) is 37.8 Å². The lowest BCUT2D eigenvalue weighted by Crippen LogP contribution is -2.47. The Bertz CT molecular complexity index is 578. The van der Waals surface area contributed by atoms with E-state index in [0.717, 1.165) is 18.9 Å². The zero-order valence-electron chi connectivity index (χ0n) is 15.1. The number of nitrogens with one attached hydrogen (secondary N) is 2. The molecule has 0 saturated carbocycles. The van der Waals surface area contributed by atoms with Gasteiger partial charge in [-0.05, 0) is 38.7 Å². The van der Waals surface area contributed by atoms with Crippen LogP contribution >= 0.6 is 35.7 Å². The molecule has 1 atom stereocenters. The molecular weight excluding hydrogens is 457 g/mol. The molecule has 2 N–H and O–H groups in total. The second kappa shape index (κ2) is 9.80. The molecule has 1 aromatic carbocycles. The average molecular weight is 484 g/mol. The molecule has 1 fully saturated rings. The fraction of sp³-hybridized carbons (Fsp3) is 0.588. The first kappa shape index (κ1) is 22.3. The van der Waals surface area contributed by atoms with Crippen LogP contribution in [0.4, 0.5) is 14.5 Å². The highest BCUT2D eigenvalue weighted by molar-refractivity contribution is 14.0. The third-order valence-corrected chi connectivity index (χ3v) is 5.49. The molecule has 0 amide bonds. The number of halogens is 3. The number of hydrogen-bond donors (Lipinski definition) is 2. The Labute approximate surface area is 170 Å². The Hall–Kier alpha value is -0.770. The number of anilines is 1. The summed E-state index contributed by atoms with van der Waals surface area (Å²) in [5.41, 5.74) is 0.0632. The number of benzene rings is 1. The zero-order valence-corrected chi connectivity index (χ0v) is 18.3. The van der Waals surface area contributed by atoms with Gasteiger partial charge in [0.05, 0.1) is 0 Å². The van der Waals surface area contributed by atoms with Crippen LogP contribution in [0.25, 0.3) is 0 Å². The monoisotopic (exact) mass is 484 g/mol. The minimum absolute atomic E-state index is 0. The second-order valence-corrected chi connectivity index (χ2v) is 8.05. The number of para-hydroxylation sites is 1. The molecule has 1 unspecified atom stereocenters. The van der Waals surface area contributed by atoms with Crippen LogP contribution in [0.3, 0.4) is 0 Å².